The van der Waals surface area contributed by atoms with Crippen LogP contribution < -0.4 is 16.4 Å². The second-order valence-corrected chi connectivity index (χ2v) is 4.37. The van der Waals surface area contributed by atoms with Crippen molar-refractivity contribution in [3.8, 4) is 0 Å². The summed E-state index contributed by atoms with van der Waals surface area (Å²) in [7, 11) is 1.78. The molecule has 3 rings (SSSR count). The van der Waals surface area contributed by atoms with Crippen LogP contribution in [0.1, 0.15) is 5.69 Å². The van der Waals surface area contributed by atoms with E-state index in [0.717, 1.165) is 5.69 Å². The fraction of sp³-hybridized carbons (Fsp3) is 0.167. The number of nitrogens with one attached hydrogen (secondary N) is 3. The van der Waals surface area contributed by atoms with Crippen molar-refractivity contribution < 1.29 is 0 Å². The maximum Gasteiger partial charge on any atom is 0.272 e. The summed E-state index contributed by atoms with van der Waals surface area (Å²) >= 11 is 0. The average molecular weight is 272 g/mol. The third-order valence-electron chi connectivity index (χ3n) is 2.94. The number of aromatic nitrogens is 5. The lowest BCUT2D eigenvalue weighted by Crippen LogP contribution is -2.20. The van der Waals surface area contributed by atoms with Crippen molar-refractivity contribution in [2.24, 2.45) is 7.05 Å². The van der Waals surface area contributed by atoms with Gasteiger partial charge in [0.1, 0.15) is 5.69 Å². The zero-order chi connectivity index (χ0) is 14.1. The lowest BCUT2D eigenvalue weighted by Gasteiger charge is -2.06. The number of fused-ring (bicyclic) bond motifs is 1. The Bertz CT molecular complexity index is 875. The van der Waals surface area contributed by atoms with Crippen molar-refractivity contribution in [3.05, 3.63) is 50.8 Å². The summed E-state index contributed by atoms with van der Waals surface area (Å²) in [5.74, 6) is 0. The normalized spacial score (nSPS) is 10.8. The van der Waals surface area contributed by atoms with Gasteiger partial charge in [-0.2, -0.15) is 0 Å². The molecule has 3 N–H and O–H groups in total. The molecule has 0 fully saturated rings. The zero-order valence-electron chi connectivity index (χ0n) is 10.7. The number of benzene rings is 1. The van der Waals surface area contributed by atoms with E-state index in [2.05, 4.69) is 25.8 Å². The van der Waals surface area contributed by atoms with Gasteiger partial charge in [0.05, 0.1) is 17.3 Å². The molecule has 0 spiro atoms. The van der Waals surface area contributed by atoms with Gasteiger partial charge < -0.3 is 5.32 Å². The highest BCUT2D eigenvalue weighted by Gasteiger charge is 2.08. The number of hydrogen-bond acceptors (Lipinski definition) is 5. The minimum atomic E-state index is -0.346. The molecule has 20 heavy (non-hydrogen) atoms. The van der Waals surface area contributed by atoms with Gasteiger partial charge in [-0.3, -0.25) is 24.5 Å². The van der Waals surface area contributed by atoms with Gasteiger partial charge in [-0.25, -0.2) is 0 Å². The number of H-pyrrole nitrogens is 2. The quantitative estimate of drug-likeness (QED) is 0.619. The van der Waals surface area contributed by atoms with E-state index in [-0.39, 0.29) is 11.1 Å². The zero-order valence-corrected chi connectivity index (χ0v) is 10.7. The Balaban J connectivity index is 2.01. The van der Waals surface area contributed by atoms with Gasteiger partial charge in [0.15, 0.2) is 0 Å². The number of nitrogens with zero attached hydrogens (tertiary/aromatic N) is 3. The molecule has 8 heteroatoms. The smallest absolute Gasteiger partial charge is 0.272 e. The second-order valence-electron chi connectivity index (χ2n) is 4.37. The SMILES string of the molecule is Cn1cc(CNc2cccc3c(=O)[nH][nH]c(=O)c23)nn1. The molecule has 0 aliphatic rings. The van der Waals surface area contributed by atoms with E-state index in [9.17, 15) is 9.59 Å². The Kier molecular flexibility index (Phi) is 2.82. The molecule has 2 heterocycles. The Morgan fingerprint density at radius 1 is 1.25 bits per heavy atom. The fourth-order valence-electron chi connectivity index (χ4n) is 2.04. The van der Waals surface area contributed by atoms with Crippen molar-refractivity contribution in [1.82, 2.24) is 25.2 Å². The van der Waals surface area contributed by atoms with Crippen LogP contribution in [0, 0.1) is 0 Å². The van der Waals surface area contributed by atoms with Gasteiger partial charge in [-0.1, -0.05) is 11.3 Å². The average Bonchev–Trinajstić information content (AvgIpc) is 2.86. The predicted molar refractivity (Wildman–Crippen MR) is 73.5 cm³/mol. The maximum atomic E-state index is 11.9. The second kappa shape index (κ2) is 4.65. The largest absolute Gasteiger partial charge is 0.379 e. The fourth-order valence-corrected chi connectivity index (χ4v) is 2.04. The van der Waals surface area contributed by atoms with Crippen LogP contribution in [-0.4, -0.2) is 25.2 Å². The van der Waals surface area contributed by atoms with E-state index in [1.54, 1.807) is 36.1 Å². The van der Waals surface area contributed by atoms with Crippen LogP contribution in [0.25, 0.3) is 10.8 Å². The third-order valence-corrected chi connectivity index (χ3v) is 2.94. The molecule has 0 unspecified atom stereocenters. The van der Waals surface area contributed by atoms with E-state index in [1.165, 1.54) is 0 Å². The molecule has 8 nitrogen and oxygen atoms in total. The van der Waals surface area contributed by atoms with Crippen LogP contribution in [0.2, 0.25) is 0 Å². The molecule has 0 aliphatic carbocycles. The Morgan fingerprint density at radius 3 is 2.80 bits per heavy atom. The van der Waals surface area contributed by atoms with Crippen molar-refractivity contribution >= 4 is 16.5 Å². The standard InChI is InChI=1S/C12H12N6O2/c1-18-6-7(14-17-18)5-13-9-4-2-3-8-10(9)12(20)16-15-11(8)19/h2-4,6,13H,5H2,1H3,(H,15,19)(H,16,20). The lowest BCUT2D eigenvalue weighted by atomic mass is 10.1. The molecular formula is C12H12N6O2. The van der Waals surface area contributed by atoms with Crippen LogP contribution in [0.4, 0.5) is 5.69 Å². The van der Waals surface area contributed by atoms with Gasteiger partial charge in [0.25, 0.3) is 11.1 Å². The van der Waals surface area contributed by atoms with E-state index in [0.29, 0.717) is 23.0 Å². The Labute approximate surface area is 112 Å². The van der Waals surface area contributed by atoms with Crippen LogP contribution in [0.15, 0.2) is 34.0 Å². The highest BCUT2D eigenvalue weighted by molar-refractivity contribution is 5.92. The first-order valence-corrected chi connectivity index (χ1v) is 5.98. The molecule has 1 aromatic carbocycles. The third kappa shape index (κ3) is 2.07. The van der Waals surface area contributed by atoms with E-state index in [4.69, 9.17) is 0 Å². The van der Waals surface area contributed by atoms with Crippen molar-refractivity contribution in [2.45, 2.75) is 6.54 Å². The predicted octanol–water partition coefficient (Wildman–Crippen LogP) is -0.0430. The Morgan fingerprint density at radius 2 is 2.05 bits per heavy atom. The van der Waals surface area contributed by atoms with E-state index in [1.807, 2.05) is 0 Å². The number of aryl methyl sites for hydroxylation is 1. The van der Waals surface area contributed by atoms with E-state index >= 15 is 0 Å². The minimum absolute atomic E-state index is 0.331. The summed E-state index contributed by atoms with van der Waals surface area (Å²) in [4.78, 5) is 23.6. The van der Waals surface area contributed by atoms with Gasteiger partial charge >= 0.3 is 0 Å². The van der Waals surface area contributed by atoms with Gasteiger partial charge in [-0.05, 0) is 12.1 Å². The van der Waals surface area contributed by atoms with E-state index < -0.39 is 0 Å². The molecule has 0 bridgehead atoms. The lowest BCUT2D eigenvalue weighted by molar-refractivity contribution is 0.713. The van der Waals surface area contributed by atoms with Gasteiger partial charge in [0.2, 0.25) is 0 Å². The molecular weight excluding hydrogens is 260 g/mol. The van der Waals surface area contributed by atoms with Crippen molar-refractivity contribution in [1.29, 1.82) is 0 Å². The summed E-state index contributed by atoms with van der Waals surface area (Å²) in [6.45, 7) is 0.416. The maximum absolute atomic E-state index is 11.9. The number of anilines is 1. The van der Waals surface area contributed by atoms with Gasteiger partial charge in [0, 0.05) is 18.9 Å². The molecule has 102 valence electrons. The topological polar surface area (TPSA) is 108 Å². The first-order valence-electron chi connectivity index (χ1n) is 5.98. The van der Waals surface area contributed by atoms with Crippen LogP contribution >= 0.6 is 0 Å². The first-order chi connectivity index (χ1) is 9.65. The monoisotopic (exact) mass is 272 g/mol. The molecule has 0 amide bonds. The molecule has 0 atom stereocenters. The molecule has 2 aromatic heterocycles. The van der Waals surface area contributed by atoms with Crippen molar-refractivity contribution in [3.63, 3.8) is 0 Å². The summed E-state index contributed by atoms with van der Waals surface area (Å²) in [5.41, 5.74) is 0.649. The molecule has 0 radical (unpaired) electrons. The number of aromatic amines is 2. The van der Waals surface area contributed by atoms with Crippen molar-refractivity contribution in [2.75, 3.05) is 5.32 Å². The molecule has 0 saturated heterocycles. The first kappa shape index (κ1) is 12.2. The number of hydrogen-bond donors (Lipinski definition) is 3. The highest BCUT2D eigenvalue weighted by Crippen LogP contribution is 2.17. The molecule has 0 aliphatic heterocycles. The molecule has 3 aromatic rings. The molecule has 0 saturated carbocycles. The highest BCUT2D eigenvalue weighted by atomic mass is 16.1. The number of rotatable bonds is 3. The Hall–Kier alpha value is -2.90. The van der Waals surface area contributed by atoms with Crippen LogP contribution in [0.3, 0.4) is 0 Å². The van der Waals surface area contributed by atoms with Crippen LogP contribution in [-0.2, 0) is 13.6 Å². The van der Waals surface area contributed by atoms with Gasteiger partial charge in [-0.15, -0.1) is 5.10 Å². The summed E-state index contributed by atoms with van der Waals surface area (Å²) < 4.78 is 1.59. The van der Waals surface area contributed by atoms with Crippen LogP contribution in [0.5, 0.6) is 0 Å². The summed E-state index contributed by atoms with van der Waals surface area (Å²) in [5, 5.41) is 16.2. The summed E-state index contributed by atoms with van der Waals surface area (Å²) in [6.07, 6.45) is 1.77. The minimum Gasteiger partial charge on any atom is -0.379 e. The summed E-state index contributed by atoms with van der Waals surface area (Å²) in [6, 6.07) is 5.07.